The predicted octanol–water partition coefficient (Wildman–Crippen LogP) is 6.01. The maximum Gasteiger partial charge on any atom is 0.460 e. The minimum atomic E-state index is -6.47. The fraction of sp³-hybridized carbons (Fsp3) is 0.263. The molecule has 2 aromatic rings. The third-order valence-electron chi connectivity index (χ3n) is 4.20. The smallest absolute Gasteiger partial charge is 0.325 e. The SMILES string of the molecule is O=C(CC1Sc2ccccc2NC1=O)Nc1ccccc1SC(F)(F)C(F)(F)C(F)(F)F. The molecule has 13 heteroatoms. The Morgan fingerprint density at radius 1 is 1.00 bits per heavy atom. The Kier molecular flexibility index (Phi) is 6.70. The number of rotatable bonds is 6. The molecule has 4 nitrogen and oxygen atoms in total. The number of halogens is 7. The molecule has 0 aliphatic carbocycles. The number of carbonyl (C=O) groups is 2. The van der Waals surface area contributed by atoms with E-state index in [0.29, 0.717) is 10.6 Å². The van der Waals surface area contributed by atoms with Crippen molar-refractivity contribution in [3.05, 3.63) is 48.5 Å². The van der Waals surface area contributed by atoms with E-state index in [1.807, 2.05) is 0 Å². The quantitative estimate of drug-likeness (QED) is 0.378. The Morgan fingerprint density at radius 3 is 2.31 bits per heavy atom. The Labute approximate surface area is 185 Å². The fourth-order valence-electron chi connectivity index (χ4n) is 2.62. The van der Waals surface area contributed by atoms with Crippen LogP contribution in [0.15, 0.2) is 58.3 Å². The molecule has 1 aliphatic heterocycles. The molecule has 2 amide bonds. The summed E-state index contributed by atoms with van der Waals surface area (Å²) < 4.78 is 91.2. The monoisotopic (exact) mass is 498 g/mol. The Hall–Kier alpha value is -2.41. The zero-order valence-electron chi connectivity index (χ0n) is 15.7. The summed E-state index contributed by atoms with van der Waals surface area (Å²) in [5, 5.41) is -1.57. The molecule has 2 N–H and O–H groups in total. The summed E-state index contributed by atoms with van der Waals surface area (Å²) in [7, 11) is 0. The average molecular weight is 498 g/mol. The maximum absolute atomic E-state index is 13.8. The van der Waals surface area contributed by atoms with Gasteiger partial charge in [-0.05, 0) is 36.0 Å². The van der Waals surface area contributed by atoms with Gasteiger partial charge in [0.2, 0.25) is 11.8 Å². The van der Waals surface area contributed by atoms with Crippen molar-refractivity contribution in [2.75, 3.05) is 10.6 Å². The van der Waals surface area contributed by atoms with E-state index < -0.39 is 51.1 Å². The summed E-state index contributed by atoms with van der Waals surface area (Å²) in [6.45, 7) is 0. The molecule has 1 heterocycles. The van der Waals surface area contributed by atoms with Crippen molar-refractivity contribution in [1.29, 1.82) is 0 Å². The zero-order chi connectivity index (χ0) is 23.7. The lowest BCUT2D eigenvalue weighted by molar-refractivity contribution is -0.330. The second kappa shape index (κ2) is 8.85. The van der Waals surface area contributed by atoms with Crippen LogP contribution in [0.4, 0.5) is 42.1 Å². The van der Waals surface area contributed by atoms with Gasteiger partial charge in [-0.15, -0.1) is 11.8 Å². The number of carbonyl (C=O) groups excluding carboxylic acids is 2. The molecule has 172 valence electrons. The van der Waals surface area contributed by atoms with Gasteiger partial charge in [0, 0.05) is 16.2 Å². The molecule has 0 fully saturated rings. The standard InChI is InChI=1S/C19H13F7N2O2S2/c20-17(21,18(22,23)24)19(25,26)32-13-8-4-2-6-11(13)27-15(29)9-14-16(30)28-10-5-1-3-7-12(10)31-14/h1-8,14H,9H2,(H,27,29)(H,28,30). The van der Waals surface area contributed by atoms with Crippen LogP contribution in [0.2, 0.25) is 0 Å². The van der Waals surface area contributed by atoms with E-state index in [4.69, 9.17) is 0 Å². The first-order chi connectivity index (χ1) is 14.8. The van der Waals surface area contributed by atoms with Crippen LogP contribution in [0.25, 0.3) is 0 Å². The van der Waals surface area contributed by atoms with Crippen molar-refractivity contribution in [2.45, 2.75) is 38.8 Å². The molecular formula is C19H13F7N2O2S2. The van der Waals surface area contributed by atoms with Gasteiger partial charge >= 0.3 is 17.4 Å². The average Bonchev–Trinajstić information content (AvgIpc) is 2.69. The van der Waals surface area contributed by atoms with E-state index in [2.05, 4.69) is 10.6 Å². The highest BCUT2D eigenvalue weighted by Crippen LogP contribution is 2.54. The largest absolute Gasteiger partial charge is 0.460 e. The number of hydrogen-bond donors (Lipinski definition) is 2. The second-order valence-corrected chi connectivity index (χ2v) is 8.93. The van der Waals surface area contributed by atoms with Crippen molar-refractivity contribution in [3.8, 4) is 0 Å². The lowest BCUT2D eigenvalue weighted by atomic mass is 10.2. The molecule has 2 aromatic carbocycles. The first-order valence-electron chi connectivity index (χ1n) is 8.78. The summed E-state index contributed by atoms with van der Waals surface area (Å²) >= 11 is 0.0851. The number of amides is 2. The van der Waals surface area contributed by atoms with Gasteiger partial charge in [-0.1, -0.05) is 24.3 Å². The van der Waals surface area contributed by atoms with E-state index in [-0.39, 0.29) is 12.1 Å². The summed E-state index contributed by atoms with van der Waals surface area (Å²) in [5.74, 6) is -7.58. The van der Waals surface area contributed by atoms with Gasteiger partial charge in [0.05, 0.1) is 16.6 Å². The number of hydrogen-bond acceptors (Lipinski definition) is 4. The van der Waals surface area contributed by atoms with Gasteiger partial charge in [-0.3, -0.25) is 9.59 Å². The Bertz CT molecular complexity index is 1030. The fourth-order valence-corrected chi connectivity index (χ4v) is 4.63. The second-order valence-electron chi connectivity index (χ2n) is 6.53. The molecule has 3 rings (SSSR count). The van der Waals surface area contributed by atoms with Crippen LogP contribution in [0.1, 0.15) is 6.42 Å². The van der Waals surface area contributed by atoms with E-state index in [9.17, 15) is 40.3 Å². The summed E-state index contributed by atoms with van der Waals surface area (Å²) in [6, 6.07) is 11.2. The lowest BCUT2D eigenvalue weighted by Gasteiger charge is -2.28. The van der Waals surface area contributed by atoms with Crippen LogP contribution in [0.3, 0.4) is 0 Å². The van der Waals surface area contributed by atoms with Gasteiger partial charge in [0.1, 0.15) is 0 Å². The van der Waals surface area contributed by atoms with Crippen LogP contribution in [0, 0.1) is 0 Å². The van der Waals surface area contributed by atoms with Crippen molar-refractivity contribution in [1.82, 2.24) is 0 Å². The molecule has 0 saturated heterocycles. The molecule has 0 saturated carbocycles. The van der Waals surface area contributed by atoms with Gasteiger partial charge in [-0.25, -0.2) is 0 Å². The van der Waals surface area contributed by atoms with Crippen LogP contribution in [0.5, 0.6) is 0 Å². The van der Waals surface area contributed by atoms with Crippen LogP contribution >= 0.6 is 23.5 Å². The topological polar surface area (TPSA) is 58.2 Å². The number of alkyl halides is 7. The van der Waals surface area contributed by atoms with Gasteiger partial charge in [0.25, 0.3) is 0 Å². The molecule has 0 radical (unpaired) electrons. The minimum Gasteiger partial charge on any atom is -0.325 e. The number of anilines is 2. The molecule has 1 atom stereocenters. The van der Waals surface area contributed by atoms with Crippen LogP contribution in [-0.4, -0.2) is 34.4 Å². The van der Waals surface area contributed by atoms with Crippen LogP contribution in [-0.2, 0) is 9.59 Å². The molecular weight excluding hydrogens is 485 g/mol. The third kappa shape index (κ3) is 4.98. The highest BCUT2D eigenvalue weighted by Gasteiger charge is 2.73. The molecule has 0 bridgehead atoms. The normalized spacial score (nSPS) is 16.8. The highest BCUT2D eigenvalue weighted by atomic mass is 32.2. The van der Waals surface area contributed by atoms with Crippen molar-refractivity contribution in [3.63, 3.8) is 0 Å². The van der Waals surface area contributed by atoms with Crippen molar-refractivity contribution < 1.29 is 40.3 Å². The summed E-state index contributed by atoms with van der Waals surface area (Å²) in [4.78, 5) is 24.6. The number of para-hydroxylation sites is 2. The molecule has 1 aliphatic rings. The minimum absolute atomic E-state index is 0.387. The van der Waals surface area contributed by atoms with Gasteiger partial charge in [0.15, 0.2) is 0 Å². The van der Waals surface area contributed by atoms with Gasteiger partial charge < -0.3 is 10.6 Å². The zero-order valence-corrected chi connectivity index (χ0v) is 17.3. The van der Waals surface area contributed by atoms with E-state index >= 15 is 0 Å². The summed E-state index contributed by atoms with van der Waals surface area (Å²) in [5.41, 5.74) is 0.176. The van der Waals surface area contributed by atoms with E-state index in [0.717, 1.165) is 30.0 Å². The van der Waals surface area contributed by atoms with Crippen molar-refractivity contribution >= 4 is 46.7 Å². The van der Waals surface area contributed by atoms with E-state index in [1.165, 1.54) is 6.07 Å². The Balaban J connectivity index is 1.73. The number of nitrogens with one attached hydrogen (secondary N) is 2. The number of thioether (sulfide) groups is 2. The number of fused-ring (bicyclic) bond motifs is 1. The third-order valence-corrected chi connectivity index (χ3v) is 6.56. The van der Waals surface area contributed by atoms with Gasteiger partial charge in [-0.2, -0.15) is 30.7 Å². The molecule has 32 heavy (non-hydrogen) atoms. The van der Waals surface area contributed by atoms with Crippen molar-refractivity contribution in [2.24, 2.45) is 0 Å². The highest BCUT2D eigenvalue weighted by molar-refractivity contribution is 8.01. The predicted molar refractivity (Wildman–Crippen MR) is 106 cm³/mol. The molecule has 1 unspecified atom stereocenters. The maximum atomic E-state index is 13.8. The number of benzene rings is 2. The molecule has 0 spiro atoms. The first-order valence-corrected chi connectivity index (χ1v) is 10.5. The molecule has 0 aromatic heterocycles. The van der Waals surface area contributed by atoms with Crippen LogP contribution < -0.4 is 10.6 Å². The first kappa shape index (κ1) is 24.2. The lowest BCUT2D eigenvalue weighted by Crippen LogP contribution is -2.49. The Morgan fingerprint density at radius 2 is 1.62 bits per heavy atom. The van der Waals surface area contributed by atoms with E-state index in [1.54, 1.807) is 24.3 Å². The summed E-state index contributed by atoms with van der Waals surface area (Å²) in [6.07, 6.45) is -6.86.